The van der Waals surface area contributed by atoms with Crippen molar-refractivity contribution in [3.63, 3.8) is 0 Å². The topological polar surface area (TPSA) is 154 Å². The van der Waals surface area contributed by atoms with Gasteiger partial charge in [-0.25, -0.2) is 0 Å². The van der Waals surface area contributed by atoms with Crippen LogP contribution in [0.15, 0.2) is 54.6 Å². The molecule has 0 heterocycles. The van der Waals surface area contributed by atoms with Crippen molar-refractivity contribution in [3.05, 3.63) is 97.3 Å². The molecule has 0 saturated heterocycles. The predicted molar refractivity (Wildman–Crippen MR) is 145 cm³/mol. The predicted octanol–water partition coefficient (Wildman–Crippen LogP) is 4.82. The first kappa shape index (κ1) is 46.2. The summed E-state index contributed by atoms with van der Waals surface area (Å²) in [5.41, 5.74) is 0.439. The Bertz CT molecular complexity index is 1470. The standard InChI is InChI=1S/C9H8F3NO3.C9H10F3NO.C7H3F4NO2.C2H5O.Na/c1-2-16-8-4-3-6(9(10,11)12)5-7(8)13(14)15;1-2-14-8-4-3-6(5-7(8)13)9(10,11)12;8-5-2-1-4(7(9,10)11)3-6(5)12(13)14;1-2-3;/h3-5H,2H2,1H3;3-5H,2,13H2,1H3;1-3H;2H2,1H3;/q;;;-1;+1. The van der Waals surface area contributed by atoms with Gasteiger partial charge in [-0.15, -0.1) is 6.61 Å². The molecule has 0 aliphatic heterocycles. The number of nitrogens with two attached hydrogens (primary N) is 1. The Kier molecular flexibility index (Phi) is 19.7. The number of hydrogen-bond donors (Lipinski definition) is 1. The minimum Gasteiger partial charge on any atom is -0.855 e. The molecule has 0 aliphatic carbocycles. The van der Waals surface area contributed by atoms with Gasteiger partial charge < -0.3 is 20.3 Å². The van der Waals surface area contributed by atoms with Crippen molar-refractivity contribution in [3.8, 4) is 11.5 Å². The molecule has 0 aromatic heterocycles. The number of halogens is 10. The third kappa shape index (κ3) is 15.8. The quantitative estimate of drug-likeness (QED) is 0.125. The molecular formula is C27H26F10N3NaO7. The molecule has 262 valence electrons. The van der Waals surface area contributed by atoms with Crippen molar-refractivity contribution in [2.24, 2.45) is 0 Å². The molecule has 2 N–H and O–H groups in total. The van der Waals surface area contributed by atoms with Gasteiger partial charge in [0.15, 0.2) is 5.75 Å². The normalized spacial score (nSPS) is 10.8. The average molecular weight is 717 g/mol. The number of ether oxygens (including phenoxy) is 2. The van der Waals surface area contributed by atoms with E-state index in [1.165, 1.54) is 6.07 Å². The number of nitrogen functional groups attached to an aromatic ring is 1. The van der Waals surface area contributed by atoms with Crippen LogP contribution in [0.1, 0.15) is 37.5 Å². The molecule has 3 aromatic carbocycles. The maximum absolute atomic E-state index is 12.6. The fraction of sp³-hybridized carbons (Fsp3) is 0.333. The second kappa shape index (κ2) is 20.5. The van der Waals surface area contributed by atoms with Crippen LogP contribution < -0.4 is 49.9 Å². The van der Waals surface area contributed by atoms with E-state index in [2.05, 4.69) is 0 Å². The van der Waals surface area contributed by atoms with Crippen molar-refractivity contribution >= 4 is 17.1 Å². The summed E-state index contributed by atoms with van der Waals surface area (Å²) in [6.07, 6.45) is -13.7. The first-order chi connectivity index (χ1) is 21.5. The van der Waals surface area contributed by atoms with Crippen LogP contribution in [-0.2, 0) is 18.5 Å². The van der Waals surface area contributed by atoms with Crippen LogP contribution in [0, 0.1) is 26.0 Å². The van der Waals surface area contributed by atoms with Gasteiger partial charge in [-0.2, -0.15) is 43.9 Å². The molecule has 0 saturated carbocycles. The Balaban J connectivity index is 0. The van der Waals surface area contributed by atoms with E-state index in [4.69, 9.17) is 20.3 Å². The molecule has 10 nitrogen and oxygen atoms in total. The Morgan fingerprint density at radius 3 is 1.33 bits per heavy atom. The zero-order valence-corrected chi connectivity index (χ0v) is 27.4. The number of nitro benzene ring substituents is 2. The maximum Gasteiger partial charge on any atom is 1.00 e. The molecule has 0 fully saturated rings. The molecule has 0 spiro atoms. The molecule has 3 rings (SSSR count). The summed E-state index contributed by atoms with van der Waals surface area (Å²) < 4.78 is 132. The number of rotatable bonds is 6. The zero-order valence-electron chi connectivity index (χ0n) is 25.4. The number of hydrogen-bond acceptors (Lipinski definition) is 8. The van der Waals surface area contributed by atoms with Crippen LogP contribution >= 0.6 is 0 Å². The second-order valence-corrected chi connectivity index (χ2v) is 8.26. The summed E-state index contributed by atoms with van der Waals surface area (Å²) in [5, 5.41) is 29.6. The van der Waals surface area contributed by atoms with E-state index >= 15 is 0 Å². The molecule has 0 unspecified atom stereocenters. The molecule has 0 amide bonds. The van der Waals surface area contributed by atoms with Crippen molar-refractivity contribution in [1.82, 2.24) is 0 Å². The number of alkyl halides is 9. The third-order valence-electron chi connectivity index (χ3n) is 4.89. The first-order valence-corrected chi connectivity index (χ1v) is 12.7. The van der Waals surface area contributed by atoms with Gasteiger partial charge in [0, 0.05) is 12.1 Å². The van der Waals surface area contributed by atoms with Gasteiger partial charge in [0.2, 0.25) is 5.82 Å². The van der Waals surface area contributed by atoms with Crippen molar-refractivity contribution in [2.45, 2.75) is 39.3 Å². The Morgan fingerprint density at radius 2 is 0.979 bits per heavy atom. The van der Waals surface area contributed by atoms with Crippen molar-refractivity contribution < 1.29 is 97.9 Å². The van der Waals surface area contributed by atoms with Crippen LogP contribution in [0.25, 0.3) is 0 Å². The van der Waals surface area contributed by atoms with E-state index in [1.54, 1.807) is 20.8 Å². The van der Waals surface area contributed by atoms with Gasteiger partial charge in [-0.1, -0.05) is 6.92 Å². The van der Waals surface area contributed by atoms with Gasteiger partial charge in [0.05, 0.1) is 45.4 Å². The average Bonchev–Trinajstić information content (AvgIpc) is 2.94. The molecular weight excluding hydrogens is 691 g/mol. The van der Waals surface area contributed by atoms with Crippen molar-refractivity contribution in [1.29, 1.82) is 0 Å². The van der Waals surface area contributed by atoms with Gasteiger partial charge >= 0.3 is 59.5 Å². The summed E-state index contributed by atoms with van der Waals surface area (Å²) in [6, 6.07) is 6.22. The van der Waals surface area contributed by atoms with Gasteiger partial charge in [0.25, 0.3) is 0 Å². The van der Waals surface area contributed by atoms with Crippen LogP contribution in [0.3, 0.4) is 0 Å². The summed E-state index contributed by atoms with van der Waals surface area (Å²) in [7, 11) is 0. The molecule has 21 heteroatoms. The summed E-state index contributed by atoms with van der Waals surface area (Å²) >= 11 is 0. The van der Waals surface area contributed by atoms with Crippen LogP contribution in [0.5, 0.6) is 11.5 Å². The summed E-state index contributed by atoms with van der Waals surface area (Å²) in [4.78, 5) is 18.5. The summed E-state index contributed by atoms with van der Waals surface area (Å²) in [5.74, 6) is -1.18. The van der Waals surface area contributed by atoms with Gasteiger partial charge in [-0.3, -0.25) is 20.2 Å². The molecule has 0 aliphatic rings. The SMILES string of the molecule is CCOc1ccc(C(F)(F)F)cc1N.CCOc1ccc(C(F)(F)F)cc1[N+](=O)[O-].CC[O-].O=[N+]([O-])c1cc(C(F)(F)F)ccc1F.[Na+]. The smallest absolute Gasteiger partial charge is 0.855 e. The Morgan fingerprint density at radius 1 is 0.646 bits per heavy atom. The van der Waals surface area contributed by atoms with E-state index in [1.807, 2.05) is 0 Å². The van der Waals surface area contributed by atoms with Crippen LogP contribution in [-0.4, -0.2) is 29.7 Å². The first-order valence-electron chi connectivity index (χ1n) is 12.7. The zero-order chi connectivity index (χ0) is 36.8. The minimum atomic E-state index is -4.71. The number of nitro groups is 2. The second-order valence-electron chi connectivity index (χ2n) is 8.26. The van der Waals surface area contributed by atoms with E-state index < -0.39 is 62.3 Å². The number of anilines is 1. The van der Waals surface area contributed by atoms with E-state index in [0.29, 0.717) is 24.8 Å². The monoisotopic (exact) mass is 717 g/mol. The number of nitrogens with zero attached hydrogens (tertiary/aromatic N) is 2. The third-order valence-corrected chi connectivity index (χ3v) is 4.89. The van der Waals surface area contributed by atoms with E-state index in [-0.39, 0.29) is 66.0 Å². The molecule has 0 radical (unpaired) electrons. The van der Waals surface area contributed by atoms with E-state index in [0.717, 1.165) is 24.3 Å². The van der Waals surface area contributed by atoms with E-state index in [9.17, 15) is 64.1 Å². The molecule has 48 heavy (non-hydrogen) atoms. The summed E-state index contributed by atoms with van der Waals surface area (Å²) in [6.45, 7) is 5.40. The molecule has 3 aromatic rings. The molecule has 0 atom stereocenters. The van der Waals surface area contributed by atoms with Crippen molar-refractivity contribution in [2.75, 3.05) is 25.6 Å². The van der Waals surface area contributed by atoms with Crippen LogP contribution in [0.4, 0.5) is 61.0 Å². The van der Waals surface area contributed by atoms with Gasteiger partial charge in [-0.05, 0) is 56.3 Å². The minimum absolute atomic E-state index is 0. The molecule has 0 bridgehead atoms. The Labute approximate surface area is 288 Å². The fourth-order valence-corrected chi connectivity index (χ4v) is 2.95. The fourth-order valence-electron chi connectivity index (χ4n) is 2.95. The number of benzene rings is 3. The Hall–Kier alpha value is -3.88. The largest absolute Gasteiger partial charge is 1.00 e. The maximum atomic E-state index is 12.6. The van der Waals surface area contributed by atoms with Crippen LogP contribution in [0.2, 0.25) is 0 Å². The van der Waals surface area contributed by atoms with Gasteiger partial charge in [0.1, 0.15) is 5.75 Å².